The van der Waals surface area contributed by atoms with Crippen molar-refractivity contribution >= 4 is 11.8 Å². The summed E-state index contributed by atoms with van der Waals surface area (Å²) in [5.41, 5.74) is 1.62. The Morgan fingerprint density at radius 2 is 1.65 bits per heavy atom. The molecule has 0 saturated carbocycles. The Bertz CT molecular complexity index is 656. The van der Waals surface area contributed by atoms with Gasteiger partial charge in [-0.1, -0.05) is 0 Å². The molecule has 1 saturated heterocycles. The lowest BCUT2D eigenvalue weighted by atomic mass is 10.2. The summed E-state index contributed by atoms with van der Waals surface area (Å²) in [6.45, 7) is 2.09. The van der Waals surface area contributed by atoms with Crippen molar-refractivity contribution in [3.63, 3.8) is 0 Å². The minimum atomic E-state index is -0.140. The molecule has 1 aromatic heterocycles. The van der Waals surface area contributed by atoms with E-state index in [4.69, 9.17) is 0 Å². The van der Waals surface area contributed by atoms with Crippen molar-refractivity contribution in [1.29, 1.82) is 0 Å². The third-order valence-corrected chi connectivity index (χ3v) is 4.12. The molecule has 0 spiro atoms. The Kier molecular flexibility index (Phi) is 4.76. The molecule has 2 heterocycles. The van der Waals surface area contributed by atoms with Gasteiger partial charge in [-0.25, -0.2) is 0 Å². The number of hydrogen-bond donors (Lipinski definition) is 1. The number of aromatic nitrogens is 1. The van der Waals surface area contributed by atoms with E-state index in [-0.39, 0.29) is 11.8 Å². The lowest BCUT2D eigenvalue weighted by Gasteiger charge is -2.15. The first-order valence-electron chi connectivity index (χ1n) is 8.03. The van der Waals surface area contributed by atoms with Crippen LogP contribution in [-0.4, -0.2) is 40.9 Å². The number of nitrogens with one attached hydrogen (secondary N) is 1. The van der Waals surface area contributed by atoms with Gasteiger partial charge in [0.05, 0.1) is 0 Å². The van der Waals surface area contributed by atoms with Gasteiger partial charge in [-0.3, -0.25) is 9.59 Å². The zero-order valence-electron chi connectivity index (χ0n) is 13.1. The van der Waals surface area contributed by atoms with Gasteiger partial charge in [0.2, 0.25) is 5.91 Å². The van der Waals surface area contributed by atoms with Crippen molar-refractivity contribution in [3.8, 4) is 5.69 Å². The van der Waals surface area contributed by atoms with E-state index >= 15 is 0 Å². The molecule has 5 heteroatoms. The minimum Gasteiger partial charge on any atom is -0.352 e. The number of rotatable bonds is 5. The first-order valence-corrected chi connectivity index (χ1v) is 8.03. The van der Waals surface area contributed by atoms with Crippen molar-refractivity contribution < 1.29 is 9.59 Å². The third-order valence-electron chi connectivity index (χ3n) is 4.12. The number of hydrogen-bond acceptors (Lipinski definition) is 2. The highest BCUT2D eigenvalue weighted by Crippen LogP contribution is 2.10. The predicted molar refractivity (Wildman–Crippen MR) is 88.5 cm³/mol. The fourth-order valence-corrected chi connectivity index (χ4v) is 2.80. The van der Waals surface area contributed by atoms with Crippen LogP contribution in [0.5, 0.6) is 0 Å². The molecule has 0 atom stereocenters. The molecule has 120 valence electrons. The van der Waals surface area contributed by atoms with E-state index in [1.54, 1.807) is 12.1 Å². The van der Waals surface area contributed by atoms with Gasteiger partial charge in [-0.2, -0.15) is 0 Å². The molecular formula is C18H21N3O2. The number of amides is 2. The highest BCUT2D eigenvalue weighted by molar-refractivity contribution is 5.94. The quantitative estimate of drug-likeness (QED) is 0.920. The van der Waals surface area contributed by atoms with Crippen LogP contribution in [0.25, 0.3) is 5.69 Å². The van der Waals surface area contributed by atoms with Crippen molar-refractivity contribution in [1.82, 2.24) is 14.8 Å². The van der Waals surface area contributed by atoms with E-state index in [0.29, 0.717) is 18.5 Å². The molecule has 2 aromatic rings. The first kappa shape index (κ1) is 15.3. The minimum absolute atomic E-state index is 0.130. The van der Waals surface area contributed by atoms with Crippen molar-refractivity contribution in [2.45, 2.75) is 19.3 Å². The number of carbonyl (C=O) groups excluding carboxylic acids is 2. The van der Waals surface area contributed by atoms with Crippen LogP contribution in [0.2, 0.25) is 0 Å². The Labute approximate surface area is 135 Å². The highest BCUT2D eigenvalue weighted by atomic mass is 16.2. The predicted octanol–water partition coefficient (Wildman–Crippen LogP) is 2.22. The first-order chi connectivity index (χ1) is 11.2. The third kappa shape index (κ3) is 3.80. The number of benzene rings is 1. The summed E-state index contributed by atoms with van der Waals surface area (Å²) in [5, 5.41) is 2.81. The van der Waals surface area contributed by atoms with Crippen molar-refractivity contribution in [3.05, 3.63) is 54.4 Å². The van der Waals surface area contributed by atoms with Crippen molar-refractivity contribution in [2.75, 3.05) is 19.6 Å². The fourth-order valence-electron chi connectivity index (χ4n) is 2.80. The topological polar surface area (TPSA) is 54.3 Å². The van der Waals surface area contributed by atoms with Crippen LogP contribution >= 0.6 is 0 Å². The molecule has 1 N–H and O–H groups in total. The molecule has 1 fully saturated rings. The van der Waals surface area contributed by atoms with Crippen molar-refractivity contribution in [2.24, 2.45) is 0 Å². The number of nitrogens with zero attached hydrogens (tertiary/aromatic N) is 2. The standard InChI is InChI=1S/C18H21N3O2/c22-17(21-13-3-4-14-21)9-10-19-18(23)15-5-7-16(8-6-15)20-11-1-2-12-20/h1-2,5-8,11-12H,3-4,9-10,13-14H2,(H,19,23). The molecule has 2 amide bonds. The van der Waals surface area contributed by atoms with Crippen LogP contribution < -0.4 is 5.32 Å². The summed E-state index contributed by atoms with van der Waals surface area (Å²) in [6.07, 6.45) is 6.46. The molecule has 0 radical (unpaired) electrons. The van der Waals surface area contributed by atoms with E-state index in [2.05, 4.69) is 5.32 Å². The molecule has 0 unspecified atom stereocenters. The smallest absolute Gasteiger partial charge is 0.251 e. The molecule has 1 aliphatic rings. The monoisotopic (exact) mass is 311 g/mol. The fraction of sp³-hybridized carbons (Fsp3) is 0.333. The summed E-state index contributed by atoms with van der Waals surface area (Å²) >= 11 is 0. The van der Waals surface area contributed by atoms with Gasteiger partial charge in [0.25, 0.3) is 5.91 Å². The van der Waals surface area contributed by atoms with Gasteiger partial charge in [-0.05, 0) is 49.2 Å². The van der Waals surface area contributed by atoms with E-state index in [1.807, 2.05) is 46.1 Å². The largest absolute Gasteiger partial charge is 0.352 e. The maximum atomic E-state index is 12.1. The SMILES string of the molecule is O=C(NCCC(=O)N1CCCC1)c1ccc(-n2cccc2)cc1. The van der Waals surface area contributed by atoms with E-state index in [9.17, 15) is 9.59 Å². The zero-order valence-corrected chi connectivity index (χ0v) is 13.1. The molecule has 3 rings (SSSR count). The lowest BCUT2D eigenvalue weighted by molar-refractivity contribution is -0.129. The summed E-state index contributed by atoms with van der Waals surface area (Å²) < 4.78 is 1.98. The molecule has 0 bridgehead atoms. The molecule has 1 aliphatic heterocycles. The second kappa shape index (κ2) is 7.13. The van der Waals surface area contributed by atoms with E-state index < -0.39 is 0 Å². The summed E-state index contributed by atoms with van der Waals surface area (Å²) in [7, 11) is 0. The van der Waals surface area contributed by atoms with Gasteiger partial charge >= 0.3 is 0 Å². The zero-order chi connectivity index (χ0) is 16.1. The van der Waals surface area contributed by atoms with Gasteiger partial charge in [0.15, 0.2) is 0 Å². The summed E-state index contributed by atoms with van der Waals surface area (Å²) in [6, 6.07) is 11.3. The molecular weight excluding hydrogens is 290 g/mol. The van der Waals surface area contributed by atoms with Gasteiger partial charge in [0, 0.05) is 49.7 Å². The van der Waals surface area contributed by atoms with Gasteiger partial charge in [-0.15, -0.1) is 0 Å². The van der Waals surface area contributed by atoms with Crippen LogP contribution in [-0.2, 0) is 4.79 Å². The Morgan fingerprint density at radius 1 is 1.00 bits per heavy atom. The van der Waals surface area contributed by atoms with Gasteiger partial charge in [0.1, 0.15) is 0 Å². The molecule has 1 aromatic carbocycles. The average molecular weight is 311 g/mol. The van der Waals surface area contributed by atoms with Crippen LogP contribution in [0.4, 0.5) is 0 Å². The van der Waals surface area contributed by atoms with Crippen LogP contribution in [0.3, 0.4) is 0 Å². The van der Waals surface area contributed by atoms with E-state index in [0.717, 1.165) is 31.6 Å². The average Bonchev–Trinajstić information content (AvgIpc) is 3.28. The highest BCUT2D eigenvalue weighted by Gasteiger charge is 2.17. The Hall–Kier alpha value is -2.56. The number of likely N-dealkylation sites (tertiary alicyclic amines) is 1. The van der Waals surface area contributed by atoms with E-state index in [1.165, 1.54) is 0 Å². The van der Waals surface area contributed by atoms with Crippen LogP contribution in [0.15, 0.2) is 48.8 Å². The molecule has 23 heavy (non-hydrogen) atoms. The normalized spacial score (nSPS) is 14.0. The lowest BCUT2D eigenvalue weighted by Crippen LogP contribution is -2.32. The van der Waals surface area contributed by atoms with Gasteiger partial charge < -0.3 is 14.8 Å². The van der Waals surface area contributed by atoms with Crippen LogP contribution in [0, 0.1) is 0 Å². The molecule has 0 aliphatic carbocycles. The second-order valence-corrected chi connectivity index (χ2v) is 5.73. The maximum absolute atomic E-state index is 12.1. The molecule has 5 nitrogen and oxygen atoms in total. The summed E-state index contributed by atoms with van der Waals surface area (Å²) in [4.78, 5) is 25.9. The maximum Gasteiger partial charge on any atom is 0.251 e. The Balaban J connectivity index is 1.49. The number of carbonyl (C=O) groups is 2. The Morgan fingerprint density at radius 3 is 2.30 bits per heavy atom. The second-order valence-electron chi connectivity index (χ2n) is 5.73. The summed E-state index contributed by atoms with van der Waals surface area (Å²) in [5.74, 6) is -0.0102. The van der Waals surface area contributed by atoms with Crippen LogP contribution in [0.1, 0.15) is 29.6 Å².